The predicted molar refractivity (Wildman–Crippen MR) is 59.0 cm³/mol. The van der Waals surface area contributed by atoms with Gasteiger partial charge >= 0.3 is 0 Å². The molecule has 0 aromatic carbocycles. The Morgan fingerprint density at radius 3 is 1.08 bits per heavy atom. The minimum Gasteiger partial charge on any atom is -0.343 e. The quantitative estimate of drug-likeness (QED) is 0.475. The first-order chi connectivity index (χ1) is 5.83. The summed E-state index contributed by atoms with van der Waals surface area (Å²) in [4.78, 5) is 0. The van der Waals surface area contributed by atoms with Crippen molar-refractivity contribution in [2.24, 2.45) is 0 Å². The van der Waals surface area contributed by atoms with E-state index in [0.29, 0.717) is 0 Å². The molecule has 0 heterocycles. The molecule has 79 valence electrons. The van der Waals surface area contributed by atoms with E-state index in [2.05, 4.69) is 27.7 Å². The third-order valence-corrected chi connectivity index (χ3v) is 1.71. The minimum absolute atomic E-state index is 0. The van der Waals surface area contributed by atoms with Gasteiger partial charge in [0.2, 0.25) is 0 Å². The van der Waals surface area contributed by atoms with Gasteiger partial charge in [0.05, 0.1) is 0 Å². The molecule has 0 saturated heterocycles. The second-order valence-electron chi connectivity index (χ2n) is 3.12. The molecule has 0 saturated carbocycles. The van der Waals surface area contributed by atoms with Crippen LogP contribution in [0.25, 0.3) is 0 Å². The van der Waals surface area contributed by atoms with Crippen LogP contribution in [-0.4, -0.2) is 0 Å². The van der Waals surface area contributed by atoms with Crippen LogP contribution in [-0.2, 0) is 32.7 Å². The fourth-order valence-electron chi connectivity index (χ4n) is 0.854. The number of unbranched alkanes of at least 4 members (excludes halogenated alkanes) is 6. The maximum absolute atomic E-state index is 3.72. The number of rotatable bonds is 6. The summed E-state index contributed by atoms with van der Waals surface area (Å²) in [7, 11) is 0. The normalized spacial score (nSPS) is 8.31. The van der Waals surface area contributed by atoms with Crippen LogP contribution in [0.1, 0.15) is 65.2 Å². The topological polar surface area (TPSA) is 0 Å². The molecule has 0 aliphatic rings. The van der Waals surface area contributed by atoms with Crippen LogP contribution in [0.4, 0.5) is 0 Å². The first-order valence-electron chi connectivity index (χ1n) is 5.41. The SMILES string of the molecule is [CH2-]CCCCC.[CH2-]CCCCC.[Y]. The second-order valence-corrected chi connectivity index (χ2v) is 3.12. The molecule has 1 heteroatoms. The van der Waals surface area contributed by atoms with E-state index in [1.54, 1.807) is 0 Å². The number of hydrogen-bond donors (Lipinski definition) is 0. The summed E-state index contributed by atoms with van der Waals surface area (Å²) < 4.78 is 0. The van der Waals surface area contributed by atoms with E-state index in [1.807, 2.05) is 0 Å². The molecule has 0 N–H and O–H groups in total. The van der Waals surface area contributed by atoms with Crippen LogP contribution < -0.4 is 0 Å². The van der Waals surface area contributed by atoms with E-state index in [0.717, 1.165) is 12.8 Å². The molecular formula is C12H26Y-2. The molecule has 0 aromatic heterocycles. The maximum atomic E-state index is 3.72. The molecule has 0 amide bonds. The molecule has 0 rings (SSSR count). The van der Waals surface area contributed by atoms with Crippen LogP contribution >= 0.6 is 0 Å². The van der Waals surface area contributed by atoms with E-state index >= 15 is 0 Å². The van der Waals surface area contributed by atoms with Gasteiger partial charge in [-0.2, -0.15) is 12.8 Å². The minimum atomic E-state index is 0. The molecule has 0 fully saturated rings. The van der Waals surface area contributed by atoms with Gasteiger partial charge in [-0.3, -0.25) is 0 Å². The van der Waals surface area contributed by atoms with Crippen molar-refractivity contribution in [1.29, 1.82) is 0 Å². The smallest absolute Gasteiger partial charge is 0 e. The van der Waals surface area contributed by atoms with Crippen molar-refractivity contribution < 1.29 is 32.7 Å². The zero-order valence-electron chi connectivity index (χ0n) is 9.65. The third-order valence-electron chi connectivity index (χ3n) is 1.71. The van der Waals surface area contributed by atoms with Gasteiger partial charge in [0.1, 0.15) is 0 Å². The Kier molecular flexibility index (Phi) is 35.0. The van der Waals surface area contributed by atoms with Crippen molar-refractivity contribution in [3.05, 3.63) is 13.8 Å². The van der Waals surface area contributed by atoms with Crippen LogP contribution in [0.15, 0.2) is 0 Å². The van der Waals surface area contributed by atoms with Crippen molar-refractivity contribution in [2.75, 3.05) is 0 Å². The number of hydrogen-bond acceptors (Lipinski definition) is 0. The first kappa shape index (κ1) is 19.6. The molecule has 13 heavy (non-hydrogen) atoms. The average molecular weight is 259 g/mol. The predicted octanol–water partition coefficient (Wildman–Crippen LogP) is 4.80. The van der Waals surface area contributed by atoms with Crippen molar-refractivity contribution in [3.63, 3.8) is 0 Å². The van der Waals surface area contributed by atoms with Crippen LogP contribution in [0, 0.1) is 13.8 Å². The molecule has 0 unspecified atom stereocenters. The van der Waals surface area contributed by atoms with Crippen LogP contribution in [0.2, 0.25) is 0 Å². The summed E-state index contributed by atoms with van der Waals surface area (Å²) >= 11 is 0. The Hall–Kier alpha value is 1.10. The summed E-state index contributed by atoms with van der Waals surface area (Å²) in [6, 6.07) is 0. The summed E-state index contributed by atoms with van der Waals surface area (Å²) in [5.74, 6) is 0. The molecule has 0 bridgehead atoms. The van der Waals surface area contributed by atoms with Gasteiger partial charge in [0, 0.05) is 32.7 Å². The monoisotopic (exact) mass is 259 g/mol. The van der Waals surface area contributed by atoms with Crippen molar-refractivity contribution in [1.82, 2.24) is 0 Å². The van der Waals surface area contributed by atoms with Gasteiger partial charge in [-0.05, 0) is 0 Å². The van der Waals surface area contributed by atoms with E-state index in [1.165, 1.54) is 38.5 Å². The zero-order chi connectivity index (χ0) is 9.66. The van der Waals surface area contributed by atoms with E-state index in [4.69, 9.17) is 0 Å². The fourth-order valence-corrected chi connectivity index (χ4v) is 0.854. The Morgan fingerprint density at radius 1 is 0.692 bits per heavy atom. The Balaban J connectivity index is -0.000000143. The van der Waals surface area contributed by atoms with Crippen molar-refractivity contribution in [3.8, 4) is 0 Å². The molecule has 0 atom stereocenters. The van der Waals surface area contributed by atoms with E-state index in [9.17, 15) is 0 Å². The second kappa shape index (κ2) is 23.2. The standard InChI is InChI=1S/2C6H13.Y/c2*1-3-5-6-4-2;/h2*1,3-6H2,2H3;/q2*-1;. The first-order valence-corrected chi connectivity index (χ1v) is 5.41. The summed E-state index contributed by atoms with van der Waals surface area (Å²) in [6.45, 7) is 11.9. The van der Waals surface area contributed by atoms with Crippen molar-refractivity contribution in [2.45, 2.75) is 65.2 Å². The zero-order valence-corrected chi connectivity index (χ0v) is 12.5. The van der Waals surface area contributed by atoms with Crippen LogP contribution in [0.3, 0.4) is 0 Å². The molecule has 0 aliphatic carbocycles. The largest absolute Gasteiger partial charge is 0.343 e. The molecule has 1 radical (unpaired) electrons. The average Bonchev–Trinajstić information content (AvgIpc) is 2.12. The third kappa shape index (κ3) is 32.0. The van der Waals surface area contributed by atoms with Gasteiger partial charge in [0.15, 0.2) is 0 Å². The Morgan fingerprint density at radius 2 is 1.00 bits per heavy atom. The van der Waals surface area contributed by atoms with Gasteiger partial charge in [-0.15, -0.1) is 0 Å². The Bertz CT molecular complexity index is 37.1. The molecule has 0 spiro atoms. The van der Waals surface area contributed by atoms with Gasteiger partial charge in [-0.1, -0.05) is 52.4 Å². The molecule has 0 aromatic rings. The summed E-state index contributed by atoms with van der Waals surface area (Å²) in [6.07, 6.45) is 10.1. The van der Waals surface area contributed by atoms with Gasteiger partial charge in [-0.25, -0.2) is 0 Å². The summed E-state index contributed by atoms with van der Waals surface area (Å²) in [5, 5.41) is 0. The maximum Gasteiger partial charge on any atom is 0 e. The molecule has 0 aliphatic heterocycles. The van der Waals surface area contributed by atoms with E-state index < -0.39 is 0 Å². The van der Waals surface area contributed by atoms with Gasteiger partial charge in [0.25, 0.3) is 0 Å². The fraction of sp³-hybridized carbons (Fsp3) is 0.833. The Labute approximate surface area is 111 Å². The summed E-state index contributed by atoms with van der Waals surface area (Å²) in [5.41, 5.74) is 0. The van der Waals surface area contributed by atoms with Crippen LogP contribution in [0.5, 0.6) is 0 Å². The molecular weight excluding hydrogens is 233 g/mol. The van der Waals surface area contributed by atoms with Crippen molar-refractivity contribution >= 4 is 0 Å². The van der Waals surface area contributed by atoms with Gasteiger partial charge < -0.3 is 13.8 Å². The van der Waals surface area contributed by atoms with E-state index in [-0.39, 0.29) is 32.7 Å². The molecule has 0 nitrogen and oxygen atoms in total.